The van der Waals surface area contributed by atoms with Crippen LogP contribution in [0.3, 0.4) is 0 Å². The van der Waals surface area contributed by atoms with Crippen molar-refractivity contribution in [2.75, 3.05) is 13.6 Å². The monoisotopic (exact) mass is 339 g/mol. The lowest BCUT2D eigenvalue weighted by Gasteiger charge is -2.18. The van der Waals surface area contributed by atoms with Crippen LogP contribution in [0.1, 0.15) is 23.7 Å². The number of hydrogen-bond donors (Lipinski definition) is 1. The molecule has 0 bridgehead atoms. The summed E-state index contributed by atoms with van der Waals surface area (Å²) in [6, 6.07) is 16.2. The summed E-state index contributed by atoms with van der Waals surface area (Å²) < 4.78 is 15.4. The van der Waals surface area contributed by atoms with Gasteiger partial charge >= 0.3 is 0 Å². The van der Waals surface area contributed by atoms with E-state index in [-0.39, 0.29) is 5.82 Å². The normalized spacial score (nSPS) is 12.5. The fourth-order valence-corrected chi connectivity index (χ4v) is 2.79. The van der Waals surface area contributed by atoms with Gasteiger partial charge in [-0.1, -0.05) is 42.5 Å². The molecule has 1 N–H and O–H groups in total. The molecule has 5 heteroatoms. The van der Waals surface area contributed by atoms with Gasteiger partial charge < -0.3 is 10.0 Å². The third kappa shape index (κ3) is 4.53. The summed E-state index contributed by atoms with van der Waals surface area (Å²) in [6.07, 6.45) is 3.77. The van der Waals surface area contributed by atoms with Crippen molar-refractivity contribution in [1.82, 2.24) is 14.7 Å². The molecule has 0 aliphatic carbocycles. The molecule has 2 aromatic carbocycles. The van der Waals surface area contributed by atoms with Crippen LogP contribution in [0.2, 0.25) is 0 Å². The number of aromatic nitrogens is 2. The van der Waals surface area contributed by atoms with Gasteiger partial charge in [-0.3, -0.25) is 0 Å². The molecule has 0 aliphatic heterocycles. The van der Waals surface area contributed by atoms with E-state index in [1.807, 2.05) is 43.6 Å². The first kappa shape index (κ1) is 17.3. The van der Waals surface area contributed by atoms with E-state index in [0.717, 1.165) is 17.7 Å². The van der Waals surface area contributed by atoms with Crippen molar-refractivity contribution in [1.29, 1.82) is 0 Å². The molecule has 0 saturated carbocycles. The van der Waals surface area contributed by atoms with Crippen molar-refractivity contribution in [3.05, 3.63) is 83.9 Å². The minimum Gasteiger partial charge on any atom is -0.388 e. The lowest BCUT2D eigenvalue weighted by atomic mass is 10.1. The molecule has 1 atom stereocenters. The van der Waals surface area contributed by atoms with Gasteiger partial charge in [0.25, 0.3) is 0 Å². The van der Waals surface area contributed by atoms with Gasteiger partial charge in [-0.15, -0.1) is 0 Å². The number of benzene rings is 2. The Morgan fingerprint density at radius 2 is 1.84 bits per heavy atom. The van der Waals surface area contributed by atoms with Crippen LogP contribution < -0.4 is 0 Å². The van der Waals surface area contributed by atoms with Crippen LogP contribution in [0.15, 0.2) is 67.0 Å². The molecular weight excluding hydrogens is 317 g/mol. The van der Waals surface area contributed by atoms with Crippen molar-refractivity contribution in [2.24, 2.45) is 0 Å². The molecule has 1 aromatic heterocycles. The molecule has 3 aromatic rings. The molecule has 3 rings (SSSR count). The van der Waals surface area contributed by atoms with Gasteiger partial charge in [-0.2, -0.15) is 5.10 Å². The number of nitrogens with zero attached hydrogens (tertiary/aromatic N) is 3. The lowest BCUT2D eigenvalue weighted by molar-refractivity contribution is 0.147. The van der Waals surface area contributed by atoms with Crippen LogP contribution in [0.5, 0.6) is 0 Å². The van der Waals surface area contributed by atoms with E-state index in [4.69, 9.17) is 0 Å². The third-order valence-electron chi connectivity index (χ3n) is 4.16. The number of aliphatic hydroxyl groups is 1. The van der Waals surface area contributed by atoms with Crippen LogP contribution in [0, 0.1) is 5.82 Å². The Morgan fingerprint density at radius 3 is 2.60 bits per heavy atom. The number of hydrogen-bond acceptors (Lipinski definition) is 3. The molecule has 0 radical (unpaired) electrons. The van der Waals surface area contributed by atoms with E-state index in [9.17, 15) is 9.50 Å². The first-order valence-electron chi connectivity index (χ1n) is 8.33. The maximum Gasteiger partial charge on any atom is 0.148 e. The third-order valence-corrected chi connectivity index (χ3v) is 4.16. The minimum absolute atomic E-state index is 0.295. The Bertz CT molecular complexity index is 803. The maximum absolute atomic E-state index is 13.8. The predicted octanol–water partition coefficient (Wildman–Crippen LogP) is 3.57. The Morgan fingerprint density at radius 1 is 1.12 bits per heavy atom. The standard InChI is InChI=1S/C20H22FN3O/c1-23(12-11-20(25)17-7-3-2-4-8-17)14-16-13-22-24(15-16)19-10-6-5-9-18(19)21/h2-10,13,15,20,25H,11-12,14H2,1H3/t20-/m0/s1. The zero-order valence-electron chi connectivity index (χ0n) is 14.2. The SMILES string of the molecule is CN(CC[C@H](O)c1ccccc1)Cc1cnn(-c2ccccc2F)c1. The second-order valence-electron chi connectivity index (χ2n) is 6.20. The predicted molar refractivity (Wildman–Crippen MR) is 95.9 cm³/mol. The molecule has 0 amide bonds. The maximum atomic E-state index is 13.8. The van der Waals surface area contributed by atoms with Crippen LogP contribution >= 0.6 is 0 Å². The zero-order valence-corrected chi connectivity index (χ0v) is 14.2. The summed E-state index contributed by atoms with van der Waals surface area (Å²) in [7, 11) is 2.00. The van der Waals surface area contributed by atoms with Gasteiger partial charge in [0.2, 0.25) is 0 Å². The Kier molecular flexibility index (Phi) is 5.58. The largest absolute Gasteiger partial charge is 0.388 e. The van der Waals surface area contributed by atoms with Crippen molar-refractivity contribution in [3.8, 4) is 5.69 Å². The molecular formula is C20H22FN3O. The first-order chi connectivity index (χ1) is 12.1. The van der Waals surface area contributed by atoms with Gasteiger partial charge in [-0.25, -0.2) is 9.07 Å². The van der Waals surface area contributed by atoms with Gasteiger partial charge in [0, 0.05) is 24.8 Å². The summed E-state index contributed by atoms with van der Waals surface area (Å²) in [4.78, 5) is 2.12. The number of rotatable bonds is 7. The topological polar surface area (TPSA) is 41.3 Å². The van der Waals surface area contributed by atoms with Crippen LogP contribution in [0.25, 0.3) is 5.69 Å². The highest BCUT2D eigenvalue weighted by Crippen LogP contribution is 2.17. The summed E-state index contributed by atoms with van der Waals surface area (Å²) in [6.45, 7) is 1.44. The quantitative estimate of drug-likeness (QED) is 0.715. The van der Waals surface area contributed by atoms with E-state index in [2.05, 4.69) is 10.00 Å². The summed E-state index contributed by atoms with van der Waals surface area (Å²) in [5.41, 5.74) is 2.37. The highest BCUT2D eigenvalue weighted by molar-refractivity contribution is 5.32. The lowest BCUT2D eigenvalue weighted by Crippen LogP contribution is -2.20. The van der Waals surface area contributed by atoms with E-state index in [0.29, 0.717) is 18.7 Å². The molecule has 0 fully saturated rings. The molecule has 0 unspecified atom stereocenters. The van der Waals surface area contributed by atoms with Crippen molar-refractivity contribution in [3.63, 3.8) is 0 Å². The molecule has 0 saturated heterocycles. The van der Waals surface area contributed by atoms with E-state index in [1.165, 1.54) is 6.07 Å². The first-order valence-corrected chi connectivity index (χ1v) is 8.33. The fraction of sp³-hybridized carbons (Fsp3) is 0.250. The van der Waals surface area contributed by atoms with E-state index in [1.54, 1.807) is 29.1 Å². The Labute approximate surface area is 147 Å². The molecule has 4 nitrogen and oxygen atoms in total. The van der Waals surface area contributed by atoms with Crippen LogP contribution in [-0.4, -0.2) is 33.4 Å². The van der Waals surface area contributed by atoms with Gasteiger partial charge in [0.05, 0.1) is 12.3 Å². The van der Waals surface area contributed by atoms with Crippen LogP contribution in [0.4, 0.5) is 4.39 Å². The molecule has 0 spiro atoms. The molecule has 25 heavy (non-hydrogen) atoms. The van der Waals surface area contributed by atoms with Gasteiger partial charge in [0.15, 0.2) is 0 Å². The molecule has 130 valence electrons. The van der Waals surface area contributed by atoms with Gasteiger partial charge in [-0.05, 0) is 31.2 Å². The average molecular weight is 339 g/mol. The Hall–Kier alpha value is -2.50. The number of para-hydroxylation sites is 1. The number of aliphatic hydroxyl groups excluding tert-OH is 1. The summed E-state index contributed by atoms with van der Waals surface area (Å²) in [5.74, 6) is -0.295. The zero-order chi connectivity index (χ0) is 17.6. The Balaban J connectivity index is 1.55. The molecule has 1 heterocycles. The smallest absolute Gasteiger partial charge is 0.148 e. The molecule has 0 aliphatic rings. The fourth-order valence-electron chi connectivity index (χ4n) is 2.79. The summed E-state index contributed by atoms with van der Waals surface area (Å²) in [5, 5.41) is 14.5. The minimum atomic E-state index is -0.468. The summed E-state index contributed by atoms with van der Waals surface area (Å²) >= 11 is 0. The van der Waals surface area contributed by atoms with E-state index < -0.39 is 6.10 Å². The second kappa shape index (κ2) is 8.05. The van der Waals surface area contributed by atoms with Gasteiger partial charge in [0.1, 0.15) is 11.5 Å². The highest BCUT2D eigenvalue weighted by Gasteiger charge is 2.10. The van der Waals surface area contributed by atoms with E-state index >= 15 is 0 Å². The van der Waals surface area contributed by atoms with Crippen molar-refractivity contribution >= 4 is 0 Å². The highest BCUT2D eigenvalue weighted by atomic mass is 19.1. The number of halogens is 1. The second-order valence-corrected chi connectivity index (χ2v) is 6.20. The van der Waals surface area contributed by atoms with Crippen molar-refractivity contribution in [2.45, 2.75) is 19.1 Å². The average Bonchev–Trinajstić information content (AvgIpc) is 3.09. The van der Waals surface area contributed by atoms with Crippen LogP contribution in [-0.2, 0) is 6.54 Å². The van der Waals surface area contributed by atoms with Crippen molar-refractivity contribution < 1.29 is 9.50 Å².